The van der Waals surface area contributed by atoms with Gasteiger partial charge in [-0.3, -0.25) is 9.78 Å². The fourth-order valence-electron chi connectivity index (χ4n) is 2.97. The minimum Gasteiger partial charge on any atom is -0.468 e. The van der Waals surface area contributed by atoms with E-state index in [9.17, 15) is 4.79 Å². The molecule has 1 aliphatic carbocycles. The van der Waals surface area contributed by atoms with Crippen molar-refractivity contribution in [2.45, 2.75) is 30.3 Å². The summed E-state index contributed by atoms with van der Waals surface area (Å²) in [5.41, 5.74) is 2.88. The van der Waals surface area contributed by atoms with Crippen molar-refractivity contribution in [3.63, 3.8) is 0 Å². The second kappa shape index (κ2) is 7.66. The Hall–Kier alpha value is -2.08. The summed E-state index contributed by atoms with van der Waals surface area (Å²) in [5.74, 6) is 0.827. The summed E-state index contributed by atoms with van der Waals surface area (Å²) in [5, 5.41) is 0.737. The van der Waals surface area contributed by atoms with Crippen LogP contribution in [0.25, 0.3) is 0 Å². The summed E-state index contributed by atoms with van der Waals surface area (Å²) >= 11 is 1.35. The minimum atomic E-state index is -0.260. The number of esters is 1. The molecular formula is C18H21N3O2S. The number of hydrogen-bond acceptors (Lipinski definition) is 6. The van der Waals surface area contributed by atoms with Crippen molar-refractivity contribution in [1.29, 1.82) is 0 Å². The molecule has 0 fully saturated rings. The zero-order valence-corrected chi connectivity index (χ0v) is 14.8. The molecule has 1 atom stereocenters. The quantitative estimate of drug-likeness (QED) is 0.615. The number of fused-ring (bicyclic) bond motifs is 1. The zero-order chi connectivity index (χ0) is 16.9. The first-order chi connectivity index (χ1) is 11.7. The van der Waals surface area contributed by atoms with Crippen LogP contribution in [0.3, 0.4) is 0 Å². The van der Waals surface area contributed by atoms with E-state index in [-0.39, 0.29) is 11.7 Å². The van der Waals surface area contributed by atoms with Gasteiger partial charge in [0, 0.05) is 13.1 Å². The van der Waals surface area contributed by atoms with Gasteiger partial charge in [0.15, 0.2) is 0 Å². The van der Waals surface area contributed by atoms with Gasteiger partial charge in [0.1, 0.15) is 10.8 Å². The lowest BCUT2D eigenvalue weighted by Crippen LogP contribution is -2.37. The number of nitrogens with zero attached hydrogens (tertiary/aromatic N) is 3. The number of likely N-dealkylation sites (N-methyl/N-ethyl adjacent to an activating group) is 1. The predicted molar refractivity (Wildman–Crippen MR) is 95.4 cm³/mol. The molecule has 0 amide bonds. The first kappa shape index (κ1) is 16.8. The van der Waals surface area contributed by atoms with Gasteiger partial charge < -0.3 is 9.64 Å². The maximum atomic E-state index is 11.3. The van der Waals surface area contributed by atoms with Crippen LogP contribution in [0.4, 0.5) is 5.82 Å². The molecule has 0 radical (unpaired) electrons. The molecule has 3 rings (SSSR count). The van der Waals surface area contributed by atoms with Crippen molar-refractivity contribution in [2.75, 3.05) is 24.8 Å². The van der Waals surface area contributed by atoms with E-state index in [0.717, 1.165) is 30.1 Å². The third-order valence-electron chi connectivity index (χ3n) is 4.40. The van der Waals surface area contributed by atoms with Gasteiger partial charge in [-0.15, -0.1) is 0 Å². The summed E-state index contributed by atoms with van der Waals surface area (Å²) in [4.78, 5) is 22.4. The van der Waals surface area contributed by atoms with Gasteiger partial charge in [-0.25, -0.2) is 4.98 Å². The summed E-state index contributed by atoms with van der Waals surface area (Å²) in [6, 6.07) is 9.05. The van der Waals surface area contributed by atoms with Crippen LogP contribution in [0.5, 0.6) is 0 Å². The molecule has 2 aromatic rings. The highest BCUT2D eigenvalue weighted by Gasteiger charge is 2.23. The number of ether oxygens (including phenoxy) is 1. The fraction of sp³-hybridized carbons (Fsp3) is 0.389. The van der Waals surface area contributed by atoms with Crippen molar-refractivity contribution < 1.29 is 9.53 Å². The Morgan fingerprint density at radius 2 is 2.12 bits per heavy atom. The van der Waals surface area contributed by atoms with E-state index in [1.807, 2.05) is 0 Å². The summed E-state index contributed by atoms with van der Waals surface area (Å²) < 4.78 is 4.66. The maximum Gasteiger partial charge on any atom is 0.316 e. The molecular weight excluding hydrogens is 322 g/mol. The van der Waals surface area contributed by atoms with Gasteiger partial charge in [-0.1, -0.05) is 36.0 Å². The van der Waals surface area contributed by atoms with E-state index >= 15 is 0 Å². The van der Waals surface area contributed by atoms with E-state index in [1.165, 1.54) is 30.0 Å². The topological polar surface area (TPSA) is 55.3 Å². The Bertz CT molecular complexity index is 723. The highest BCUT2D eigenvalue weighted by atomic mass is 32.2. The number of rotatable bonds is 5. The molecule has 24 heavy (non-hydrogen) atoms. The van der Waals surface area contributed by atoms with Crippen LogP contribution in [-0.4, -0.2) is 41.9 Å². The monoisotopic (exact) mass is 343 g/mol. The van der Waals surface area contributed by atoms with Gasteiger partial charge in [0.25, 0.3) is 0 Å². The summed E-state index contributed by atoms with van der Waals surface area (Å²) in [6.07, 6.45) is 6.68. The molecule has 0 N–H and O–H groups in total. The first-order valence-corrected chi connectivity index (χ1v) is 8.97. The van der Waals surface area contributed by atoms with Crippen LogP contribution in [0.15, 0.2) is 41.7 Å². The number of carbonyl (C=O) groups excluding carboxylic acids is 1. The van der Waals surface area contributed by atoms with Crippen molar-refractivity contribution >= 4 is 23.5 Å². The largest absolute Gasteiger partial charge is 0.468 e. The third kappa shape index (κ3) is 3.87. The lowest BCUT2D eigenvalue weighted by molar-refractivity contribution is -0.137. The third-order valence-corrected chi connectivity index (χ3v) is 5.27. The van der Waals surface area contributed by atoms with Crippen LogP contribution in [0.1, 0.15) is 17.5 Å². The van der Waals surface area contributed by atoms with Gasteiger partial charge >= 0.3 is 5.97 Å². The van der Waals surface area contributed by atoms with Crippen LogP contribution >= 0.6 is 11.8 Å². The zero-order valence-electron chi connectivity index (χ0n) is 13.9. The average Bonchev–Trinajstić information content (AvgIpc) is 2.65. The Balaban J connectivity index is 1.69. The normalized spacial score (nSPS) is 16.3. The van der Waals surface area contributed by atoms with Gasteiger partial charge in [0.05, 0.1) is 25.3 Å². The molecule has 5 nitrogen and oxygen atoms in total. The number of carbonyl (C=O) groups is 1. The average molecular weight is 343 g/mol. The summed E-state index contributed by atoms with van der Waals surface area (Å²) in [6.45, 7) is 0. The van der Waals surface area contributed by atoms with E-state index in [4.69, 9.17) is 0 Å². The Kier molecular flexibility index (Phi) is 5.35. The van der Waals surface area contributed by atoms with Gasteiger partial charge in [-0.05, 0) is 30.4 Å². The number of benzene rings is 1. The molecule has 0 spiro atoms. The second-order valence-corrected chi connectivity index (χ2v) is 6.85. The lowest BCUT2D eigenvalue weighted by atomic mass is 9.88. The van der Waals surface area contributed by atoms with Crippen LogP contribution < -0.4 is 4.90 Å². The number of aryl methyl sites for hydroxylation is 1. The smallest absolute Gasteiger partial charge is 0.316 e. The highest BCUT2D eigenvalue weighted by molar-refractivity contribution is 7.99. The van der Waals surface area contributed by atoms with Crippen molar-refractivity contribution in [1.82, 2.24) is 9.97 Å². The number of aromatic nitrogens is 2. The standard InChI is InChI=1S/C18H21N3O2S/c1-21(15-8-7-13-5-3-4-6-14(13)9-15)16-10-19-11-17(20-16)24-12-18(22)23-2/h3-6,10-11,15H,7-9,12H2,1-2H3. The maximum absolute atomic E-state index is 11.3. The number of methoxy groups -OCH3 is 1. The Labute approximate surface area is 146 Å². The minimum absolute atomic E-state index is 0.245. The van der Waals surface area contributed by atoms with E-state index in [1.54, 1.807) is 12.4 Å². The molecule has 1 heterocycles. The SMILES string of the molecule is COC(=O)CSc1cncc(N(C)C2CCc3ccccc3C2)n1. The van der Waals surface area contributed by atoms with Gasteiger partial charge in [-0.2, -0.15) is 0 Å². The predicted octanol–water partition coefficient (Wildman–Crippen LogP) is 2.74. The fourth-order valence-corrected chi connectivity index (χ4v) is 3.64. The van der Waals surface area contributed by atoms with E-state index in [0.29, 0.717) is 6.04 Å². The molecule has 0 saturated carbocycles. The van der Waals surface area contributed by atoms with Crippen molar-refractivity contribution in [3.8, 4) is 0 Å². The first-order valence-electron chi connectivity index (χ1n) is 7.98. The molecule has 1 aliphatic rings. The van der Waals surface area contributed by atoms with Crippen LogP contribution in [0, 0.1) is 0 Å². The van der Waals surface area contributed by atoms with E-state index < -0.39 is 0 Å². The van der Waals surface area contributed by atoms with E-state index in [2.05, 4.69) is 50.9 Å². The highest BCUT2D eigenvalue weighted by Crippen LogP contribution is 2.27. The number of hydrogen-bond donors (Lipinski definition) is 0. The molecule has 0 saturated heterocycles. The molecule has 1 unspecified atom stereocenters. The Morgan fingerprint density at radius 1 is 1.33 bits per heavy atom. The summed E-state index contributed by atoms with van der Waals surface area (Å²) in [7, 11) is 3.46. The molecule has 126 valence electrons. The van der Waals surface area contributed by atoms with Crippen molar-refractivity contribution in [2.24, 2.45) is 0 Å². The lowest BCUT2D eigenvalue weighted by Gasteiger charge is -2.33. The van der Waals surface area contributed by atoms with Crippen molar-refractivity contribution in [3.05, 3.63) is 47.8 Å². The van der Waals surface area contributed by atoms with Crippen LogP contribution in [-0.2, 0) is 22.4 Å². The second-order valence-electron chi connectivity index (χ2n) is 5.86. The Morgan fingerprint density at radius 3 is 2.92 bits per heavy atom. The number of thioether (sulfide) groups is 1. The molecule has 0 aliphatic heterocycles. The van der Waals surface area contributed by atoms with Crippen LogP contribution in [0.2, 0.25) is 0 Å². The molecule has 0 bridgehead atoms. The number of anilines is 1. The van der Waals surface area contributed by atoms with Gasteiger partial charge in [0.2, 0.25) is 0 Å². The molecule has 6 heteroatoms. The molecule has 1 aromatic carbocycles. The molecule has 1 aromatic heterocycles.